The third-order valence-corrected chi connectivity index (χ3v) is 10.6. The molecule has 4 aliphatic carbocycles. The van der Waals surface area contributed by atoms with Crippen LogP contribution in [0.25, 0.3) is 0 Å². The smallest absolute Gasteiger partial charge is 0.303 e. The molecule has 5 rings (SSSR count). The van der Waals surface area contributed by atoms with Crippen LogP contribution in [0.5, 0.6) is 0 Å². The SMILES string of the molecule is C=C1[C@@H]2OC(C)(C)O[C@H]3C[C@@H]4[C@@](C)(COC(C)=O)[C@H](OC(C)=O)CC[C@@]4(C)[C@@H]4CC[C@]1(OC(C)=O)C[C@@]324. The molecule has 1 spiro atoms. The molecule has 37 heavy (non-hydrogen) atoms. The molecule has 1 saturated heterocycles. The van der Waals surface area contributed by atoms with Gasteiger partial charge in [-0.15, -0.1) is 0 Å². The van der Waals surface area contributed by atoms with E-state index in [4.69, 9.17) is 23.7 Å². The number of hydrogen-bond acceptors (Lipinski definition) is 8. The van der Waals surface area contributed by atoms with Crippen molar-refractivity contribution in [3.63, 3.8) is 0 Å². The average molecular weight is 519 g/mol. The van der Waals surface area contributed by atoms with Gasteiger partial charge in [-0.1, -0.05) is 20.4 Å². The Labute approximate surface area is 219 Å². The Bertz CT molecular complexity index is 1030. The molecule has 9 atom stereocenters. The molecule has 0 aromatic carbocycles. The number of rotatable bonds is 4. The van der Waals surface area contributed by atoms with Crippen molar-refractivity contribution in [2.75, 3.05) is 6.61 Å². The first kappa shape index (κ1) is 26.7. The molecule has 5 aliphatic rings. The molecule has 0 aromatic heterocycles. The van der Waals surface area contributed by atoms with E-state index in [1.165, 1.54) is 20.8 Å². The van der Waals surface area contributed by atoms with E-state index in [-0.39, 0.29) is 65.5 Å². The fourth-order valence-corrected chi connectivity index (χ4v) is 9.49. The Kier molecular flexibility index (Phi) is 5.97. The van der Waals surface area contributed by atoms with Crippen LogP contribution >= 0.6 is 0 Å². The molecule has 8 heteroatoms. The normalized spacial score (nSPS) is 47.3. The number of fused-ring (bicyclic) bond motifs is 3. The van der Waals surface area contributed by atoms with Crippen LogP contribution < -0.4 is 0 Å². The minimum Gasteiger partial charge on any atom is -0.465 e. The maximum atomic E-state index is 12.2. The van der Waals surface area contributed by atoms with E-state index in [0.29, 0.717) is 25.7 Å². The fourth-order valence-electron chi connectivity index (χ4n) is 9.49. The molecule has 8 nitrogen and oxygen atoms in total. The van der Waals surface area contributed by atoms with Crippen molar-refractivity contribution in [3.05, 3.63) is 12.2 Å². The highest BCUT2D eigenvalue weighted by atomic mass is 16.7. The molecule has 1 heterocycles. The van der Waals surface area contributed by atoms with Gasteiger partial charge in [0.1, 0.15) is 18.3 Å². The minimum atomic E-state index is -0.840. The first-order valence-electron chi connectivity index (χ1n) is 13.6. The van der Waals surface area contributed by atoms with Crippen molar-refractivity contribution < 1.29 is 38.1 Å². The van der Waals surface area contributed by atoms with Gasteiger partial charge in [-0.2, -0.15) is 0 Å². The molecule has 1 aliphatic heterocycles. The maximum absolute atomic E-state index is 12.2. The van der Waals surface area contributed by atoms with E-state index in [0.717, 1.165) is 18.4 Å². The van der Waals surface area contributed by atoms with Crippen molar-refractivity contribution in [2.24, 2.45) is 28.1 Å². The van der Waals surface area contributed by atoms with Crippen LogP contribution in [0.4, 0.5) is 0 Å². The third-order valence-electron chi connectivity index (χ3n) is 10.6. The van der Waals surface area contributed by atoms with Crippen LogP contribution in [-0.4, -0.2) is 54.2 Å². The molecule has 0 radical (unpaired) electrons. The van der Waals surface area contributed by atoms with Crippen molar-refractivity contribution in [3.8, 4) is 0 Å². The first-order valence-corrected chi connectivity index (χ1v) is 13.6. The molecular formula is C29H42O8. The van der Waals surface area contributed by atoms with E-state index in [9.17, 15) is 14.4 Å². The number of carbonyl (C=O) groups excluding carboxylic acids is 3. The topological polar surface area (TPSA) is 97.4 Å². The third kappa shape index (κ3) is 3.72. The lowest BCUT2D eigenvalue weighted by Gasteiger charge is -2.69. The maximum Gasteiger partial charge on any atom is 0.303 e. The van der Waals surface area contributed by atoms with Gasteiger partial charge in [-0.05, 0) is 68.8 Å². The van der Waals surface area contributed by atoms with Crippen molar-refractivity contribution in [1.29, 1.82) is 0 Å². The predicted octanol–water partition coefficient (Wildman–Crippen LogP) is 4.49. The largest absolute Gasteiger partial charge is 0.465 e. The summed E-state index contributed by atoms with van der Waals surface area (Å²) in [7, 11) is 0. The molecule has 0 unspecified atom stereocenters. The van der Waals surface area contributed by atoms with Gasteiger partial charge in [-0.25, -0.2) is 0 Å². The molecule has 0 N–H and O–H groups in total. The minimum absolute atomic E-state index is 0.0720. The van der Waals surface area contributed by atoms with Crippen LogP contribution in [0.2, 0.25) is 0 Å². The van der Waals surface area contributed by atoms with E-state index in [1.807, 2.05) is 13.8 Å². The summed E-state index contributed by atoms with van der Waals surface area (Å²) in [5.74, 6) is -1.53. The lowest BCUT2D eigenvalue weighted by molar-refractivity contribution is -0.378. The summed E-state index contributed by atoms with van der Waals surface area (Å²) >= 11 is 0. The summed E-state index contributed by atoms with van der Waals surface area (Å²) in [4.78, 5) is 36.3. The monoisotopic (exact) mass is 518 g/mol. The Morgan fingerprint density at radius 1 is 0.946 bits per heavy atom. The van der Waals surface area contributed by atoms with E-state index < -0.39 is 16.8 Å². The summed E-state index contributed by atoms with van der Waals surface area (Å²) in [6, 6.07) is 0. The average Bonchev–Trinajstić information content (AvgIpc) is 2.94. The second kappa shape index (κ2) is 8.28. The van der Waals surface area contributed by atoms with Crippen molar-refractivity contribution >= 4 is 17.9 Å². The van der Waals surface area contributed by atoms with Crippen LogP contribution in [0.1, 0.15) is 87.0 Å². The first-order chi connectivity index (χ1) is 17.1. The number of esters is 3. The van der Waals surface area contributed by atoms with Gasteiger partial charge < -0.3 is 23.7 Å². The summed E-state index contributed by atoms with van der Waals surface area (Å²) in [6.07, 6.45) is 3.64. The van der Waals surface area contributed by atoms with Gasteiger partial charge in [0.05, 0.1) is 12.2 Å². The Balaban J connectivity index is 1.62. The molecule has 0 amide bonds. The number of carbonyl (C=O) groups is 3. The van der Waals surface area contributed by atoms with Gasteiger partial charge in [0, 0.05) is 38.0 Å². The lowest BCUT2D eigenvalue weighted by Crippen LogP contribution is -2.71. The standard InChI is InChI=1S/C29H42O8/c1-16-24-29-14-28(16,35-19(4)32)12-9-20(29)26(7)11-10-22(34-18(3)31)27(8,15-33-17(2)30)21(26)13-23(29)36-25(5,6)37-24/h20-24H,1,9-15H2,2-8H3/t20-,21-,22+,23-,24-,26-,27+,28-,29+/m0/s1. The van der Waals surface area contributed by atoms with E-state index in [1.54, 1.807) is 0 Å². The van der Waals surface area contributed by atoms with Gasteiger partial charge >= 0.3 is 17.9 Å². The van der Waals surface area contributed by atoms with Crippen molar-refractivity contribution in [2.45, 2.75) is 117 Å². The zero-order valence-corrected chi connectivity index (χ0v) is 23.3. The second-order valence-corrected chi connectivity index (χ2v) is 13.2. The summed E-state index contributed by atoms with van der Waals surface area (Å²) in [6.45, 7) is 17.3. The second-order valence-electron chi connectivity index (χ2n) is 13.2. The molecular weight excluding hydrogens is 476 g/mol. The van der Waals surface area contributed by atoms with Crippen molar-refractivity contribution in [1.82, 2.24) is 0 Å². The van der Waals surface area contributed by atoms with E-state index >= 15 is 0 Å². The quantitative estimate of drug-likeness (QED) is 0.305. The van der Waals surface area contributed by atoms with Crippen LogP contribution in [-0.2, 0) is 38.1 Å². The summed E-state index contributed by atoms with van der Waals surface area (Å²) in [5.41, 5.74) is -0.990. The lowest BCUT2D eigenvalue weighted by atomic mass is 9.39. The molecule has 0 aromatic rings. The highest BCUT2D eigenvalue weighted by molar-refractivity contribution is 5.68. The Hall–Kier alpha value is -1.93. The van der Waals surface area contributed by atoms with Gasteiger partial charge in [-0.3, -0.25) is 14.4 Å². The highest BCUT2D eigenvalue weighted by Gasteiger charge is 2.78. The van der Waals surface area contributed by atoms with Gasteiger partial charge in [0.2, 0.25) is 0 Å². The number of hydrogen-bond donors (Lipinski definition) is 0. The highest BCUT2D eigenvalue weighted by Crippen LogP contribution is 2.75. The zero-order valence-electron chi connectivity index (χ0n) is 23.3. The van der Waals surface area contributed by atoms with Crippen LogP contribution in [0, 0.1) is 28.1 Å². The Morgan fingerprint density at radius 2 is 1.65 bits per heavy atom. The molecule has 5 fully saturated rings. The molecule has 4 saturated carbocycles. The molecule has 2 bridgehead atoms. The van der Waals surface area contributed by atoms with Crippen LogP contribution in [0.3, 0.4) is 0 Å². The fraction of sp³-hybridized carbons (Fsp3) is 0.828. The molecule has 206 valence electrons. The summed E-state index contributed by atoms with van der Waals surface area (Å²) < 4.78 is 31.0. The van der Waals surface area contributed by atoms with Gasteiger partial charge in [0.25, 0.3) is 0 Å². The van der Waals surface area contributed by atoms with Gasteiger partial charge in [0.15, 0.2) is 5.79 Å². The van der Waals surface area contributed by atoms with E-state index in [2.05, 4.69) is 20.4 Å². The zero-order chi connectivity index (χ0) is 27.2. The summed E-state index contributed by atoms with van der Waals surface area (Å²) in [5, 5.41) is 0. The van der Waals surface area contributed by atoms with Crippen LogP contribution in [0.15, 0.2) is 12.2 Å². The predicted molar refractivity (Wildman–Crippen MR) is 133 cm³/mol. The Morgan fingerprint density at radius 3 is 2.27 bits per heavy atom. The number of ether oxygens (including phenoxy) is 5.